The summed E-state index contributed by atoms with van der Waals surface area (Å²) in [6.45, 7) is 1.99. The molecule has 0 aromatic heterocycles. The fourth-order valence-electron chi connectivity index (χ4n) is 4.46. The van der Waals surface area contributed by atoms with E-state index in [1.807, 2.05) is 0 Å². The van der Waals surface area contributed by atoms with Crippen molar-refractivity contribution in [1.29, 1.82) is 0 Å². The van der Waals surface area contributed by atoms with Crippen LogP contribution in [0.5, 0.6) is 5.75 Å². The maximum atomic E-state index is 11.5. The van der Waals surface area contributed by atoms with Crippen LogP contribution in [0.25, 0.3) is 0 Å². The Bertz CT molecular complexity index is 831. The molecule has 4 nitrogen and oxygen atoms in total. The lowest BCUT2D eigenvalue weighted by Crippen LogP contribution is -2.22. The van der Waals surface area contributed by atoms with Gasteiger partial charge < -0.3 is 15.4 Å². The van der Waals surface area contributed by atoms with Gasteiger partial charge in [-0.3, -0.25) is 4.79 Å². The third kappa shape index (κ3) is 4.01. The summed E-state index contributed by atoms with van der Waals surface area (Å²) < 4.78 is 5.55. The van der Waals surface area contributed by atoms with E-state index in [2.05, 4.69) is 47.0 Å². The lowest BCUT2D eigenvalue weighted by atomic mass is 9.80. The number of nitrogens with one attached hydrogen (secondary N) is 2. The van der Waals surface area contributed by atoms with Gasteiger partial charge in [-0.05, 0) is 85.5 Å². The fraction of sp³-hybridized carbons (Fsp3) is 0.435. The average molecular weight is 364 g/mol. The van der Waals surface area contributed by atoms with Gasteiger partial charge in [0.1, 0.15) is 5.75 Å². The molecule has 4 rings (SSSR count). The van der Waals surface area contributed by atoms with Crippen molar-refractivity contribution in [2.24, 2.45) is 0 Å². The molecule has 1 amide bonds. The van der Waals surface area contributed by atoms with Crippen LogP contribution in [0, 0.1) is 0 Å². The Kier molecular flexibility index (Phi) is 5.44. The summed E-state index contributed by atoms with van der Waals surface area (Å²) in [5.41, 5.74) is 6.28. The predicted molar refractivity (Wildman–Crippen MR) is 109 cm³/mol. The van der Waals surface area contributed by atoms with Crippen LogP contribution in [-0.2, 0) is 24.1 Å². The van der Waals surface area contributed by atoms with Crippen LogP contribution < -0.4 is 15.4 Å². The van der Waals surface area contributed by atoms with E-state index in [0.717, 1.165) is 42.9 Å². The highest BCUT2D eigenvalue weighted by Gasteiger charge is 2.22. The molecule has 0 saturated carbocycles. The second kappa shape index (κ2) is 8.13. The van der Waals surface area contributed by atoms with Crippen LogP contribution in [0.15, 0.2) is 36.4 Å². The average Bonchev–Trinajstić information content (AvgIpc) is 3.06. The molecule has 142 valence electrons. The van der Waals surface area contributed by atoms with Gasteiger partial charge in [0, 0.05) is 5.69 Å². The smallest absolute Gasteiger partial charge is 0.228 e. The molecule has 27 heavy (non-hydrogen) atoms. The number of carbonyl (C=O) groups excluding carboxylic acids is 1. The zero-order valence-corrected chi connectivity index (χ0v) is 16.0. The summed E-state index contributed by atoms with van der Waals surface area (Å²) in [7, 11) is 1.77. The number of rotatable bonds is 7. The maximum absolute atomic E-state index is 11.5. The molecule has 4 heteroatoms. The minimum absolute atomic E-state index is 0.102. The van der Waals surface area contributed by atoms with Crippen molar-refractivity contribution in [3.05, 3.63) is 58.7 Å². The molecule has 0 saturated heterocycles. The highest BCUT2D eigenvalue weighted by Crippen LogP contribution is 2.38. The Labute approximate surface area is 161 Å². The van der Waals surface area contributed by atoms with Crippen molar-refractivity contribution < 1.29 is 9.53 Å². The van der Waals surface area contributed by atoms with Crippen molar-refractivity contribution in [3.8, 4) is 5.75 Å². The van der Waals surface area contributed by atoms with Crippen LogP contribution in [0.4, 0.5) is 5.69 Å². The van der Waals surface area contributed by atoms with E-state index in [9.17, 15) is 4.79 Å². The molecule has 0 radical (unpaired) electrons. The lowest BCUT2D eigenvalue weighted by molar-refractivity contribution is -0.115. The summed E-state index contributed by atoms with van der Waals surface area (Å²) in [5, 5.41) is 6.53. The van der Waals surface area contributed by atoms with Gasteiger partial charge in [0.2, 0.25) is 5.91 Å². The van der Waals surface area contributed by atoms with Gasteiger partial charge in [-0.2, -0.15) is 0 Å². The number of ether oxygens (including phenoxy) is 1. The first-order chi connectivity index (χ1) is 13.2. The lowest BCUT2D eigenvalue weighted by Gasteiger charge is -2.27. The number of carbonyl (C=O) groups is 1. The topological polar surface area (TPSA) is 50.4 Å². The Hall–Kier alpha value is -2.33. The molecule has 1 heterocycles. The molecule has 2 aromatic rings. The van der Waals surface area contributed by atoms with E-state index in [4.69, 9.17) is 4.74 Å². The number of hydrogen-bond donors (Lipinski definition) is 2. The maximum Gasteiger partial charge on any atom is 0.228 e. The summed E-state index contributed by atoms with van der Waals surface area (Å²) in [4.78, 5) is 11.5. The van der Waals surface area contributed by atoms with E-state index < -0.39 is 0 Å². The zero-order chi connectivity index (χ0) is 18.6. The van der Waals surface area contributed by atoms with E-state index in [1.165, 1.54) is 36.0 Å². The zero-order valence-electron chi connectivity index (χ0n) is 16.0. The Morgan fingerprint density at radius 1 is 1.22 bits per heavy atom. The van der Waals surface area contributed by atoms with Gasteiger partial charge in [-0.25, -0.2) is 0 Å². The van der Waals surface area contributed by atoms with Gasteiger partial charge in [0.15, 0.2) is 0 Å². The summed E-state index contributed by atoms with van der Waals surface area (Å²) in [6, 6.07) is 12.8. The van der Waals surface area contributed by atoms with Crippen molar-refractivity contribution in [1.82, 2.24) is 5.32 Å². The van der Waals surface area contributed by atoms with Gasteiger partial charge in [-0.1, -0.05) is 24.3 Å². The molecule has 2 aromatic carbocycles. The van der Waals surface area contributed by atoms with Crippen LogP contribution in [0.3, 0.4) is 0 Å². The van der Waals surface area contributed by atoms with Crippen LogP contribution in [-0.4, -0.2) is 26.1 Å². The molecule has 0 spiro atoms. The van der Waals surface area contributed by atoms with E-state index in [0.29, 0.717) is 12.3 Å². The van der Waals surface area contributed by atoms with Crippen LogP contribution in [0.1, 0.15) is 47.4 Å². The SMILES string of the molecule is COc1cccc2c1CCCC2CCNCCc1ccc2c(c1)NC(=O)C2. The number of anilines is 1. The number of amides is 1. The quantitative estimate of drug-likeness (QED) is 0.734. The number of hydrogen-bond acceptors (Lipinski definition) is 3. The van der Waals surface area contributed by atoms with Gasteiger partial charge >= 0.3 is 0 Å². The number of benzene rings is 2. The minimum atomic E-state index is 0.102. The highest BCUT2D eigenvalue weighted by atomic mass is 16.5. The molecule has 0 bridgehead atoms. The molecule has 2 N–H and O–H groups in total. The Balaban J connectivity index is 1.26. The van der Waals surface area contributed by atoms with E-state index >= 15 is 0 Å². The Morgan fingerprint density at radius 3 is 3.04 bits per heavy atom. The third-order valence-corrected chi connectivity index (χ3v) is 5.87. The number of methoxy groups -OCH3 is 1. The monoisotopic (exact) mass is 364 g/mol. The minimum Gasteiger partial charge on any atom is -0.496 e. The predicted octanol–water partition coefficient (Wildman–Crippen LogP) is 3.83. The molecular weight excluding hydrogens is 336 g/mol. The standard InChI is InChI=1S/C23H28N2O2/c1-27-22-7-3-5-19-17(4-2-6-20(19)22)11-13-24-12-10-16-8-9-18-15-23(26)25-21(18)14-16/h3,5,7-9,14,17,24H,2,4,6,10-13,15H2,1H3,(H,25,26). The molecule has 1 unspecified atom stereocenters. The van der Waals surface area contributed by atoms with Crippen molar-refractivity contribution in [3.63, 3.8) is 0 Å². The number of fused-ring (bicyclic) bond motifs is 2. The molecule has 1 atom stereocenters. The first-order valence-corrected chi connectivity index (χ1v) is 10.0. The van der Waals surface area contributed by atoms with Crippen molar-refractivity contribution in [2.45, 2.75) is 44.4 Å². The van der Waals surface area contributed by atoms with Crippen LogP contribution in [0.2, 0.25) is 0 Å². The largest absolute Gasteiger partial charge is 0.496 e. The summed E-state index contributed by atoms with van der Waals surface area (Å²) >= 11 is 0. The van der Waals surface area contributed by atoms with Gasteiger partial charge in [0.25, 0.3) is 0 Å². The van der Waals surface area contributed by atoms with Gasteiger partial charge in [0.05, 0.1) is 13.5 Å². The molecule has 1 aliphatic heterocycles. The molecule has 2 aliphatic rings. The second-order valence-electron chi connectivity index (χ2n) is 7.62. The third-order valence-electron chi connectivity index (χ3n) is 5.87. The van der Waals surface area contributed by atoms with E-state index in [1.54, 1.807) is 7.11 Å². The summed E-state index contributed by atoms with van der Waals surface area (Å²) in [5.74, 6) is 1.78. The first kappa shape index (κ1) is 18.1. The highest BCUT2D eigenvalue weighted by molar-refractivity contribution is 5.99. The second-order valence-corrected chi connectivity index (χ2v) is 7.62. The summed E-state index contributed by atoms with van der Waals surface area (Å²) in [6.07, 6.45) is 6.32. The van der Waals surface area contributed by atoms with Crippen LogP contribution >= 0.6 is 0 Å². The van der Waals surface area contributed by atoms with E-state index in [-0.39, 0.29) is 5.91 Å². The van der Waals surface area contributed by atoms with Gasteiger partial charge in [-0.15, -0.1) is 0 Å². The normalized spacial score (nSPS) is 18.0. The first-order valence-electron chi connectivity index (χ1n) is 10.0. The fourth-order valence-corrected chi connectivity index (χ4v) is 4.46. The van der Waals surface area contributed by atoms with Crippen molar-refractivity contribution >= 4 is 11.6 Å². The molecular formula is C23H28N2O2. The molecule has 1 aliphatic carbocycles. The van der Waals surface area contributed by atoms with Crippen molar-refractivity contribution in [2.75, 3.05) is 25.5 Å². The Morgan fingerprint density at radius 2 is 2.15 bits per heavy atom. The molecule has 0 fully saturated rings.